The van der Waals surface area contributed by atoms with Gasteiger partial charge in [-0.3, -0.25) is 4.79 Å². The van der Waals surface area contributed by atoms with Crippen molar-refractivity contribution in [1.82, 2.24) is 17.5 Å². The van der Waals surface area contributed by atoms with Crippen molar-refractivity contribution in [3.63, 3.8) is 0 Å². The average molecular weight is 263 g/mol. The van der Waals surface area contributed by atoms with E-state index in [1.807, 2.05) is 12.1 Å². The molecule has 2 heterocycles. The third-order valence-corrected chi connectivity index (χ3v) is 3.15. The zero-order chi connectivity index (χ0) is 11.7. The summed E-state index contributed by atoms with van der Waals surface area (Å²) < 4.78 is 15.9. The molecule has 0 unspecified atom stereocenters. The van der Waals surface area contributed by atoms with Crippen molar-refractivity contribution in [1.29, 1.82) is 0 Å². The predicted molar refractivity (Wildman–Crippen MR) is 65.3 cm³/mol. The van der Waals surface area contributed by atoms with E-state index in [2.05, 4.69) is 22.8 Å². The normalized spacial score (nSPS) is 10.6. The van der Waals surface area contributed by atoms with Gasteiger partial charge >= 0.3 is 0 Å². The van der Waals surface area contributed by atoms with Gasteiger partial charge < -0.3 is 5.32 Å². The average Bonchev–Trinajstić information content (AvgIpc) is 3.00. The van der Waals surface area contributed by atoms with E-state index >= 15 is 0 Å². The summed E-state index contributed by atoms with van der Waals surface area (Å²) in [6.07, 6.45) is 1.43. The van der Waals surface area contributed by atoms with Crippen LogP contribution in [-0.4, -0.2) is 23.4 Å². The SMILES string of the molecule is O=C(Nc1cccc2nsnc12)c1cnsn1. The highest BCUT2D eigenvalue weighted by Gasteiger charge is 2.12. The second-order valence-electron chi connectivity index (χ2n) is 3.18. The Hall–Kier alpha value is -1.93. The van der Waals surface area contributed by atoms with E-state index in [4.69, 9.17) is 0 Å². The number of aromatic nitrogens is 4. The molecule has 0 fully saturated rings. The van der Waals surface area contributed by atoms with E-state index in [-0.39, 0.29) is 5.91 Å². The molecule has 8 heteroatoms. The fourth-order valence-corrected chi connectivity index (χ4v) is 2.32. The fraction of sp³-hybridized carbons (Fsp3) is 0. The minimum absolute atomic E-state index is 0.292. The van der Waals surface area contributed by atoms with Gasteiger partial charge in [0.15, 0.2) is 5.69 Å². The zero-order valence-corrected chi connectivity index (χ0v) is 9.96. The molecular weight excluding hydrogens is 258 g/mol. The Balaban J connectivity index is 1.95. The van der Waals surface area contributed by atoms with E-state index in [0.717, 1.165) is 29.0 Å². The van der Waals surface area contributed by atoms with Crippen molar-refractivity contribution in [3.05, 3.63) is 30.1 Å². The first-order valence-corrected chi connectivity index (χ1v) is 6.11. The second-order valence-corrected chi connectivity index (χ2v) is 4.27. The molecule has 0 spiro atoms. The van der Waals surface area contributed by atoms with Gasteiger partial charge in [0, 0.05) is 0 Å². The number of nitrogens with zero attached hydrogens (tertiary/aromatic N) is 4. The standard InChI is InChI=1S/C9H5N5OS2/c15-9(7-4-10-16-13-7)11-5-2-1-3-6-8(5)14-17-12-6/h1-4H,(H,11,15). The van der Waals surface area contributed by atoms with Crippen LogP contribution in [0.4, 0.5) is 5.69 Å². The number of hydrogen-bond acceptors (Lipinski definition) is 7. The zero-order valence-electron chi connectivity index (χ0n) is 8.32. The second kappa shape index (κ2) is 4.15. The highest BCUT2D eigenvalue weighted by Crippen LogP contribution is 2.21. The summed E-state index contributed by atoms with van der Waals surface area (Å²) in [5.41, 5.74) is 2.39. The molecule has 1 aromatic carbocycles. The summed E-state index contributed by atoms with van der Waals surface area (Å²) in [7, 11) is 0. The molecule has 0 saturated carbocycles. The van der Waals surface area contributed by atoms with Gasteiger partial charge in [0.05, 0.1) is 35.3 Å². The Morgan fingerprint density at radius 3 is 2.94 bits per heavy atom. The van der Waals surface area contributed by atoms with E-state index in [0.29, 0.717) is 16.9 Å². The maximum Gasteiger partial charge on any atom is 0.277 e. The van der Waals surface area contributed by atoms with E-state index < -0.39 is 0 Å². The molecule has 17 heavy (non-hydrogen) atoms. The number of rotatable bonds is 2. The molecule has 0 radical (unpaired) electrons. The molecular formula is C9H5N5OS2. The lowest BCUT2D eigenvalue weighted by Gasteiger charge is -2.02. The van der Waals surface area contributed by atoms with Gasteiger partial charge in [0.2, 0.25) is 0 Å². The van der Waals surface area contributed by atoms with Crippen molar-refractivity contribution in [3.8, 4) is 0 Å². The maximum atomic E-state index is 11.8. The van der Waals surface area contributed by atoms with Crippen molar-refractivity contribution >= 4 is 46.1 Å². The summed E-state index contributed by atoms with van der Waals surface area (Å²) in [5.74, 6) is -0.292. The molecule has 0 atom stereocenters. The van der Waals surface area contributed by atoms with E-state index in [9.17, 15) is 4.79 Å². The molecule has 2 aromatic heterocycles. The Morgan fingerprint density at radius 1 is 1.18 bits per heavy atom. The van der Waals surface area contributed by atoms with Crippen LogP contribution in [0.5, 0.6) is 0 Å². The lowest BCUT2D eigenvalue weighted by Crippen LogP contribution is -2.12. The molecule has 0 aliphatic heterocycles. The Morgan fingerprint density at radius 2 is 2.12 bits per heavy atom. The largest absolute Gasteiger partial charge is 0.319 e. The van der Waals surface area contributed by atoms with Gasteiger partial charge in [-0.15, -0.1) is 0 Å². The van der Waals surface area contributed by atoms with Gasteiger partial charge in [-0.1, -0.05) is 6.07 Å². The van der Waals surface area contributed by atoms with Crippen LogP contribution in [-0.2, 0) is 0 Å². The molecule has 0 saturated heterocycles. The molecule has 1 N–H and O–H groups in total. The Bertz CT molecular complexity index is 663. The van der Waals surface area contributed by atoms with Crippen molar-refractivity contribution < 1.29 is 4.79 Å². The smallest absolute Gasteiger partial charge is 0.277 e. The third-order valence-electron chi connectivity index (χ3n) is 2.13. The van der Waals surface area contributed by atoms with Gasteiger partial charge in [0.1, 0.15) is 11.0 Å². The number of carbonyl (C=O) groups is 1. The molecule has 84 valence electrons. The van der Waals surface area contributed by atoms with Crippen LogP contribution >= 0.6 is 23.5 Å². The minimum atomic E-state index is -0.292. The van der Waals surface area contributed by atoms with E-state index in [1.54, 1.807) is 6.07 Å². The monoisotopic (exact) mass is 263 g/mol. The summed E-state index contributed by atoms with van der Waals surface area (Å²) in [4.78, 5) is 11.8. The van der Waals surface area contributed by atoms with Crippen molar-refractivity contribution in [2.45, 2.75) is 0 Å². The molecule has 0 aliphatic rings. The van der Waals surface area contributed by atoms with Gasteiger partial charge in [-0.05, 0) is 12.1 Å². The van der Waals surface area contributed by atoms with Crippen LogP contribution in [0.1, 0.15) is 10.5 Å². The van der Waals surface area contributed by atoms with Crippen molar-refractivity contribution in [2.24, 2.45) is 0 Å². The van der Waals surface area contributed by atoms with Crippen LogP contribution in [0.15, 0.2) is 24.4 Å². The number of anilines is 1. The number of nitrogens with one attached hydrogen (secondary N) is 1. The topological polar surface area (TPSA) is 80.7 Å². The first-order chi connectivity index (χ1) is 8.34. The molecule has 0 aliphatic carbocycles. The number of amides is 1. The summed E-state index contributed by atoms with van der Waals surface area (Å²) in [6.45, 7) is 0. The van der Waals surface area contributed by atoms with Crippen LogP contribution in [0.2, 0.25) is 0 Å². The lowest BCUT2D eigenvalue weighted by atomic mass is 10.2. The Labute approximate surface area is 104 Å². The quantitative estimate of drug-likeness (QED) is 0.762. The molecule has 6 nitrogen and oxygen atoms in total. The van der Waals surface area contributed by atoms with Crippen molar-refractivity contribution in [2.75, 3.05) is 5.32 Å². The highest BCUT2D eigenvalue weighted by atomic mass is 32.1. The summed E-state index contributed by atoms with van der Waals surface area (Å²) in [6, 6.07) is 5.44. The van der Waals surface area contributed by atoms with Gasteiger partial charge in [0.25, 0.3) is 5.91 Å². The number of benzene rings is 1. The predicted octanol–water partition coefficient (Wildman–Crippen LogP) is 1.80. The number of carbonyl (C=O) groups excluding carboxylic acids is 1. The number of hydrogen-bond donors (Lipinski definition) is 1. The van der Waals surface area contributed by atoms with Crippen LogP contribution in [0.25, 0.3) is 11.0 Å². The Kier molecular flexibility index (Phi) is 2.50. The van der Waals surface area contributed by atoms with Gasteiger partial charge in [-0.25, -0.2) is 0 Å². The van der Waals surface area contributed by atoms with Crippen LogP contribution in [0.3, 0.4) is 0 Å². The van der Waals surface area contributed by atoms with Crippen LogP contribution in [0, 0.1) is 0 Å². The highest BCUT2D eigenvalue weighted by molar-refractivity contribution is 7.00. The minimum Gasteiger partial charge on any atom is -0.319 e. The molecule has 3 aromatic rings. The molecule has 0 bridgehead atoms. The fourth-order valence-electron chi connectivity index (χ4n) is 1.36. The number of fused-ring (bicyclic) bond motifs is 1. The third kappa shape index (κ3) is 1.87. The molecule has 3 rings (SSSR count). The summed E-state index contributed by atoms with van der Waals surface area (Å²) >= 11 is 2.11. The van der Waals surface area contributed by atoms with Gasteiger partial charge in [-0.2, -0.15) is 17.5 Å². The van der Waals surface area contributed by atoms with E-state index in [1.165, 1.54) is 6.20 Å². The molecule has 1 amide bonds. The first-order valence-electron chi connectivity index (χ1n) is 4.65. The van der Waals surface area contributed by atoms with Crippen LogP contribution < -0.4 is 5.32 Å². The summed E-state index contributed by atoms with van der Waals surface area (Å²) in [5, 5.41) is 2.74. The maximum absolute atomic E-state index is 11.8. The first kappa shape index (κ1) is 10.2. The lowest BCUT2D eigenvalue weighted by molar-refractivity contribution is 0.102.